The van der Waals surface area contributed by atoms with Gasteiger partial charge in [-0.1, -0.05) is 12.1 Å². The third-order valence-corrected chi connectivity index (χ3v) is 1.65. The highest BCUT2D eigenvalue weighted by molar-refractivity contribution is 6.34. The minimum Gasteiger partial charge on any atom is -0.398 e. The van der Waals surface area contributed by atoms with Gasteiger partial charge in [0.1, 0.15) is 0 Å². The molecule has 0 aliphatic carbocycles. The number of benzene rings is 1. The summed E-state index contributed by atoms with van der Waals surface area (Å²) in [5.41, 5.74) is 5.73. The summed E-state index contributed by atoms with van der Waals surface area (Å²) in [6, 6.07) is 6.12. The van der Waals surface area contributed by atoms with Crippen LogP contribution in [0.2, 0.25) is 0 Å². The van der Waals surface area contributed by atoms with Crippen LogP contribution < -0.4 is 5.73 Å². The summed E-state index contributed by atoms with van der Waals surface area (Å²) >= 11 is 0. The van der Waals surface area contributed by atoms with Crippen LogP contribution >= 0.6 is 0 Å². The van der Waals surface area contributed by atoms with Gasteiger partial charge in [0.2, 0.25) is 5.78 Å². The second kappa shape index (κ2) is 4.36. The first-order valence-electron chi connectivity index (χ1n) is 4.14. The molecule has 78 valence electrons. The molecule has 0 heterocycles. The molecule has 15 heavy (non-hydrogen) atoms. The Kier molecular flexibility index (Phi) is 3.17. The number of esters is 2. The molecule has 0 atom stereocenters. The molecule has 2 N–H and O–H groups in total. The number of para-hydroxylation sites is 1. The van der Waals surface area contributed by atoms with Crippen molar-refractivity contribution in [2.45, 2.75) is 6.92 Å². The molecule has 0 amide bonds. The number of anilines is 1. The largest absolute Gasteiger partial charge is 0.398 e. The van der Waals surface area contributed by atoms with Crippen LogP contribution in [0.5, 0.6) is 0 Å². The van der Waals surface area contributed by atoms with Crippen molar-refractivity contribution in [1.29, 1.82) is 0 Å². The van der Waals surface area contributed by atoms with Crippen LogP contribution in [0.3, 0.4) is 0 Å². The maximum Gasteiger partial charge on any atom is 0.382 e. The topological polar surface area (TPSA) is 86.5 Å². The number of nitrogen functional groups attached to an aromatic ring is 1. The first kappa shape index (κ1) is 10.9. The van der Waals surface area contributed by atoms with E-state index in [1.54, 1.807) is 12.1 Å². The first-order chi connectivity index (χ1) is 7.02. The zero-order valence-electron chi connectivity index (χ0n) is 8.02. The monoisotopic (exact) mass is 207 g/mol. The van der Waals surface area contributed by atoms with Gasteiger partial charge in [-0.15, -0.1) is 0 Å². The summed E-state index contributed by atoms with van der Waals surface area (Å²) in [4.78, 5) is 32.6. The summed E-state index contributed by atoms with van der Waals surface area (Å²) in [6.45, 7) is 1.02. The Morgan fingerprint density at radius 1 is 1.20 bits per heavy atom. The van der Waals surface area contributed by atoms with Crippen molar-refractivity contribution in [2.24, 2.45) is 0 Å². The molecule has 0 radical (unpaired) electrons. The van der Waals surface area contributed by atoms with Crippen LogP contribution in [-0.2, 0) is 14.3 Å². The molecule has 5 heteroatoms. The SMILES string of the molecule is CC(=O)C(=O)OC(=O)c1ccccc1N. The van der Waals surface area contributed by atoms with Crippen LogP contribution in [0.1, 0.15) is 17.3 Å². The fourth-order valence-corrected chi connectivity index (χ4v) is 0.894. The van der Waals surface area contributed by atoms with Gasteiger partial charge in [-0.2, -0.15) is 0 Å². The molecule has 0 aromatic heterocycles. The van der Waals surface area contributed by atoms with Crippen LogP contribution in [-0.4, -0.2) is 17.7 Å². The molecule has 0 saturated carbocycles. The maximum absolute atomic E-state index is 11.3. The van der Waals surface area contributed by atoms with Crippen molar-refractivity contribution >= 4 is 23.4 Å². The van der Waals surface area contributed by atoms with Gasteiger partial charge in [-0.25, -0.2) is 9.59 Å². The maximum atomic E-state index is 11.3. The highest BCUT2D eigenvalue weighted by Crippen LogP contribution is 2.11. The smallest absolute Gasteiger partial charge is 0.382 e. The van der Waals surface area contributed by atoms with Crippen LogP contribution in [0.25, 0.3) is 0 Å². The van der Waals surface area contributed by atoms with Crippen molar-refractivity contribution in [1.82, 2.24) is 0 Å². The summed E-state index contributed by atoms with van der Waals surface area (Å²) < 4.78 is 4.27. The lowest BCUT2D eigenvalue weighted by molar-refractivity contribution is -0.148. The molecule has 5 nitrogen and oxygen atoms in total. The summed E-state index contributed by atoms with van der Waals surface area (Å²) in [5.74, 6) is -2.95. The lowest BCUT2D eigenvalue weighted by Crippen LogP contribution is -2.19. The second-order valence-electron chi connectivity index (χ2n) is 2.82. The van der Waals surface area contributed by atoms with Gasteiger partial charge in [0.25, 0.3) is 0 Å². The highest BCUT2D eigenvalue weighted by Gasteiger charge is 2.17. The Hall–Kier alpha value is -2.17. The number of ketones is 1. The number of Topliss-reactive ketones (excluding diaryl/α,β-unsaturated/α-hetero) is 1. The van der Waals surface area contributed by atoms with Crippen molar-refractivity contribution in [3.8, 4) is 0 Å². The van der Waals surface area contributed by atoms with E-state index < -0.39 is 17.7 Å². The molecular formula is C10H9NO4. The molecular weight excluding hydrogens is 198 g/mol. The van der Waals surface area contributed by atoms with Gasteiger partial charge in [-0.3, -0.25) is 4.79 Å². The van der Waals surface area contributed by atoms with Crippen LogP contribution in [0, 0.1) is 0 Å². The molecule has 1 rings (SSSR count). The van der Waals surface area contributed by atoms with Gasteiger partial charge >= 0.3 is 11.9 Å². The number of carbonyl (C=O) groups excluding carboxylic acids is 3. The number of hydrogen-bond acceptors (Lipinski definition) is 5. The van der Waals surface area contributed by atoms with E-state index in [0.29, 0.717) is 0 Å². The molecule has 0 aliphatic rings. The van der Waals surface area contributed by atoms with Gasteiger partial charge in [-0.05, 0) is 12.1 Å². The quantitative estimate of drug-likeness (QED) is 0.331. The Morgan fingerprint density at radius 2 is 1.80 bits per heavy atom. The van der Waals surface area contributed by atoms with E-state index in [-0.39, 0.29) is 11.3 Å². The van der Waals surface area contributed by atoms with Gasteiger partial charge in [0.05, 0.1) is 5.56 Å². The normalized spacial score (nSPS) is 9.40. The minimum absolute atomic E-state index is 0.0621. The molecule has 0 saturated heterocycles. The number of carbonyl (C=O) groups is 3. The second-order valence-corrected chi connectivity index (χ2v) is 2.82. The number of rotatable bonds is 2. The van der Waals surface area contributed by atoms with E-state index in [9.17, 15) is 14.4 Å². The fraction of sp³-hybridized carbons (Fsp3) is 0.100. The molecule has 0 unspecified atom stereocenters. The molecule has 0 aliphatic heterocycles. The van der Waals surface area contributed by atoms with E-state index >= 15 is 0 Å². The van der Waals surface area contributed by atoms with Crippen molar-refractivity contribution in [3.05, 3.63) is 29.8 Å². The summed E-state index contributed by atoms with van der Waals surface area (Å²) in [7, 11) is 0. The number of ether oxygens (including phenoxy) is 1. The average Bonchev–Trinajstić information content (AvgIpc) is 2.18. The van der Waals surface area contributed by atoms with E-state index in [0.717, 1.165) is 6.92 Å². The van der Waals surface area contributed by atoms with Crippen molar-refractivity contribution in [3.63, 3.8) is 0 Å². The predicted molar refractivity (Wildman–Crippen MR) is 52.0 cm³/mol. The fourth-order valence-electron chi connectivity index (χ4n) is 0.894. The highest BCUT2D eigenvalue weighted by atomic mass is 16.6. The minimum atomic E-state index is -1.19. The number of hydrogen-bond donors (Lipinski definition) is 1. The molecule has 0 spiro atoms. The third-order valence-electron chi connectivity index (χ3n) is 1.65. The van der Waals surface area contributed by atoms with Crippen LogP contribution in [0.15, 0.2) is 24.3 Å². The summed E-state index contributed by atoms with van der Waals surface area (Å²) in [6.07, 6.45) is 0. The van der Waals surface area contributed by atoms with Gasteiger partial charge in [0, 0.05) is 12.6 Å². The Labute approximate surface area is 85.8 Å². The van der Waals surface area contributed by atoms with E-state index in [2.05, 4.69) is 4.74 Å². The average molecular weight is 207 g/mol. The Bertz CT molecular complexity index is 425. The molecule has 0 fully saturated rings. The predicted octanol–water partition coefficient (Wildman–Crippen LogP) is 0.541. The van der Waals surface area contributed by atoms with Crippen molar-refractivity contribution < 1.29 is 19.1 Å². The van der Waals surface area contributed by atoms with Gasteiger partial charge < -0.3 is 10.5 Å². The van der Waals surface area contributed by atoms with Crippen LogP contribution in [0.4, 0.5) is 5.69 Å². The zero-order valence-corrected chi connectivity index (χ0v) is 8.02. The van der Waals surface area contributed by atoms with E-state index in [1.165, 1.54) is 12.1 Å². The van der Waals surface area contributed by atoms with Gasteiger partial charge in [0.15, 0.2) is 0 Å². The summed E-state index contributed by atoms with van der Waals surface area (Å²) in [5, 5.41) is 0. The Morgan fingerprint density at radius 3 is 2.33 bits per heavy atom. The number of nitrogens with two attached hydrogens (primary N) is 1. The standard InChI is InChI=1S/C10H9NO4/c1-6(12)9(13)15-10(14)7-4-2-3-5-8(7)11/h2-5H,11H2,1H3. The zero-order chi connectivity index (χ0) is 11.4. The van der Waals surface area contributed by atoms with E-state index in [1.807, 2.05) is 0 Å². The molecule has 1 aromatic carbocycles. The van der Waals surface area contributed by atoms with Crippen molar-refractivity contribution in [2.75, 3.05) is 5.73 Å². The van der Waals surface area contributed by atoms with E-state index in [4.69, 9.17) is 5.73 Å². The lowest BCUT2D eigenvalue weighted by Gasteiger charge is -2.02. The first-order valence-corrected chi connectivity index (χ1v) is 4.14. The Balaban J connectivity index is 2.83. The molecule has 0 bridgehead atoms. The lowest BCUT2D eigenvalue weighted by atomic mass is 10.2. The molecule has 1 aromatic rings. The third kappa shape index (κ3) is 2.63.